The van der Waals surface area contributed by atoms with Crippen molar-refractivity contribution in [1.29, 1.82) is 0 Å². The summed E-state index contributed by atoms with van der Waals surface area (Å²) in [5, 5.41) is 7.87. The van der Waals surface area contributed by atoms with Crippen molar-refractivity contribution in [2.75, 3.05) is 24.5 Å². The van der Waals surface area contributed by atoms with E-state index in [1.807, 2.05) is 41.1 Å². The number of hydrogen-bond donors (Lipinski definition) is 1. The first kappa shape index (κ1) is 18.0. The molecule has 0 bridgehead atoms. The molecule has 1 unspecified atom stereocenters. The molecular formula is C24H26N4O. The highest BCUT2D eigenvalue weighted by Crippen LogP contribution is 2.28. The van der Waals surface area contributed by atoms with Gasteiger partial charge in [0.25, 0.3) is 5.91 Å². The third-order valence-electron chi connectivity index (χ3n) is 6.10. The van der Waals surface area contributed by atoms with Crippen LogP contribution in [0.1, 0.15) is 34.6 Å². The molecule has 2 aromatic carbocycles. The van der Waals surface area contributed by atoms with E-state index in [2.05, 4.69) is 34.5 Å². The van der Waals surface area contributed by atoms with Crippen molar-refractivity contribution in [1.82, 2.24) is 15.1 Å². The molecule has 1 amide bonds. The normalized spacial score (nSPS) is 18.1. The fourth-order valence-electron chi connectivity index (χ4n) is 4.60. The Kier molecular flexibility index (Phi) is 4.80. The summed E-state index contributed by atoms with van der Waals surface area (Å²) in [7, 11) is 0. The van der Waals surface area contributed by atoms with E-state index in [-0.39, 0.29) is 5.91 Å². The van der Waals surface area contributed by atoms with Gasteiger partial charge >= 0.3 is 0 Å². The Morgan fingerprint density at radius 3 is 2.48 bits per heavy atom. The molecule has 1 aliphatic heterocycles. The van der Waals surface area contributed by atoms with Gasteiger partial charge in [0.1, 0.15) is 0 Å². The molecule has 2 aliphatic rings. The van der Waals surface area contributed by atoms with Crippen LogP contribution < -0.4 is 10.2 Å². The number of hydrogen-bond acceptors (Lipinski definition) is 3. The Hall–Kier alpha value is -3.08. The lowest BCUT2D eigenvalue weighted by Gasteiger charge is -2.18. The van der Waals surface area contributed by atoms with Gasteiger partial charge in [0.2, 0.25) is 0 Å². The van der Waals surface area contributed by atoms with Gasteiger partial charge in [-0.15, -0.1) is 0 Å². The highest BCUT2D eigenvalue weighted by atomic mass is 16.2. The van der Waals surface area contributed by atoms with E-state index < -0.39 is 0 Å². The Labute approximate surface area is 171 Å². The maximum absolute atomic E-state index is 13.0. The third kappa shape index (κ3) is 3.53. The van der Waals surface area contributed by atoms with E-state index in [1.54, 1.807) is 0 Å². The number of carbonyl (C=O) groups excluding carboxylic acids is 1. The molecule has 1 aliphatic carbocycles. The van der Waals surface area contributed by atoms with E-state index in [9.17, 15) is 4.79 Å². The molecule has 148 valence electrons. The van der Waals surface area contributed by atoms with Gasteiger partial charge in [-0.05, 0) is 55.9 Å². The zero-order valence-corrected chi connectivity index (χ0v) is 16.6. The third-order valence-corrected chi connectivity index (χ3v) is 6.10. The van der Waals surface area contributed by atoms with E-state index in [0.29, 0.717) is 18.2 Å². The molecule has 1 fully saturated rings. The summed E-state index contributed by atoms with van der Waals surface area (Å²) in [6, 6.07) is 20.6. The number of amides is 1. The number of fused-ring (bicyclic) bond motifs is 1. The monoisotopic (exact) mass is 386 g/mol. The lowest BCUT2D eigenvalue weighted by Crippen LogP contribution is -2.31. The second-order valence-corrected chi connectivity index (χ2v) is 8.02. The Morgan fingerprint density at radius 2 is 1.72 bits per heavy atom. The van der Waals surface area contributed by atoms with Crippen LogP contribution >= 0.6 is 0 Å². The van der Waals surface area contributed by atoms with Crippen LogP contribution in [0.2, 0.25) is 0 Å². The largest absolute Gasteiger partial charge is 0.371 e. The van der Waals surface area contributed by atoms with Gasteiger partial charge in [-0.1, -0.05) is 36.4 Å². The van der Waals surface area contributed by atoms with Crippen LogP contribution in [-0.4, -0.2) is 35.3 Å². The van der Waals surface area contributed by atoms with E-state index in [1.165, 1.54) is 11.4 Å². The molecule has 2 heterocycles. The number of benzene rings is 2. The zero-order valence-electron chi connectivity index (χ0n) is 16.6. The highest BCUT2D eigenvalue weighted by Gasteiger charge is 2.28. The van der Waals surface area contributed by atoms with E-state index in [0.717, 1.165) is 50.0 Å². The lowest BCUT2D eigenvalue weighted by atomic mass is 10.1. The van der Waals surface area contributed by atoms with Crippen molar-refractivity contribution in [3.63, 3.8) is 0 Å². The molecule has 0 spiro atoms. The molecule has 1 atom stereocenters. The van der Waals surface area contributed by atoms with Crippen molar-refractivity contribution < 1.29 is 4.79 Å². The van der Waals surface area contributed by atoms with Gasteiger partial charge in [0.15, 0.2) is 5.69 Å². The predicted octanol–water partition coefficient (Wildman–Crippen LogP) is 3.62. The second kappa shape index (κ2) is 7.74. The van der Waals surface area contributed by atoms with Gasteiger partial charge < -0.3 is 10.2 Å². The number of rotatable bonds is 5. The number of aromatic nitrogens is 2. The van der Waals surface area contributed by atoms with E-state index >= 15 is 0 Å². The SMILES string of the molecule is O=C(NCC1CCN(c2ccccc2)C1)c1nn(-c2ccccc2)c2c1CCC2. The fraction of sp³-hybridized carbons (Fsp3) is 0.333. The molecule has 0 saturated carbocycles. The minimum Gasteiger partial charge on any atom is -0.371 e. The predicted molar refractivity (Wildman–Crippen MR) is 115 cm³/mol. The summed E-state index contributed by atoms with van der Waals surface area (Å²) < 4.78 is 1.96. The van der Waals surface area contributed by atoms with Crippen LogP contribution in [0.15, 0.2) is 60.7 Å². The molecule has 1 aromatic heterocycles. The first-order valence-corrected chi connectivity index (χ1v) is 10.5. The standard InChI is InChI=1S/C24H26N4O/c29-24(25-16-18-14-15-27(17-18)19-8-3-1-4-9-19)23-21-12-7-13-22(21)28(26-23)20-10-5-2-6-11-20/h1-6,8-11,18H,7,12-17H2,(H,25,29). The molecule has 0 radical (unpaired) electrons. The van der Waals surface area contributed by atoms with Gasteiger partial charge in [-0.25, -0.2) is 4.68 Å². The van der Waals surface area contributed by atoms with Crippen molar-refractivity contribution in [3.8, 4) is 5.69 Å². The minimum absolute atomic E-state index is 0.0315. The lowest BCUT2D eigenvalue weighted by molar-refractivity contribution is 0.0942. The van der Waals surface area contributed by atoms with Gasteiger partial charge in [-0.3, -0.25) is 4.79 Å². The van der Waals surface area contributed by atoms with Crippen molar-refractivity contribution in [2.45, 2.75) is 25.7 Å². The highest BCUT2D eigenvalue weighted by molar-refractivity contribution is 5.94. The maximum Gasteiger partial charge on any atom is 0.272 e. The minimum atomic E-state index is -0.0315. The molecule has 1 saturated heterocycles. The van der Waals surface area contributed by atoms with Crippen LogP contribution in [-0.2, 0) is 12.8 Å². The maximum atomic E-state index is 13.0. The van der Waals surface area contributed by atoms with Crippen LogP contribution in [0, 0.1) is 5.92 Å². The van der Waals surface area contributed by atoms with Crippen molar-refractivity contribution in [3.05, 3.63) is 77.6 Å². The van der Waals surface area contributed by atoms with E-state index in [4.69, 9.17) is 5.10 Å². The Morgan fingerprint density at radius 1 is 1.00 bits per heavy atom. The number of nitrogens with one attached hydrogen (secondary N) is 1. The number of anilines is 1. The van der Waals surface area contributed by atoms with Crippen LogP contribution in [0.5, 0.6) is 0 Å². The van der Waals surface area contributed by atoms with Gasteiger partial charge in [0, 0.05) is 36.6 Å². The number of para-hydroxylation sites is 2. The molecule has 29 heavy (non-hydrogen) atoms. The second-order valence-electron chi connectivity index (χ2n) is 8.02. The van der Waals surface area contributed by atoms with Crippen molar-refractivity contribution >= 4 is 11.6 Å². The number of nitrogens with zero attached hydrogens (tertiary/aromatic N) is 3. The van der Waals surface area contributed by atoms with Crippen LogP contribution in [0.4, 0.5) is 5.69 Å². The fourth-order valence-corrected chi connectivity index (χ4v) is 4.60. The topological polar surface area (TPSA) is 50.2 Å². The Balaban J connectivity index is 1.26. The first-order valence-electron chi connectivity index (χ1n) is 10.5. The zero-order chi connectivity index (χ0) is 19.6. The van der Waals surface area contributed by atoms with Crippen LogP contribution in [0.25, 0.3) is 5.69 Å². The quantitative estimate of drug-likeness (QED) is 0.729. The average molecular weight is 386 g/mol. The molecule has 5 heteroatoms. The summed E-state index contributed by atoms with van der Waals surface area (Å²) >= 11 is 0. The summed E-state index contributed by atoms with van der Waals surface area (Å²) in [5.74, 6) is 0.444. The molecule has 3 aromatic rings. The van der Waals surface area contributed by atoms with Gasteiger partial charge in [-0.2, -0.15) is 5.10 Å². The van der Waals surface area contributed by atoms with Gasteiger partial charge in [0.05, 0.1) is 5.69 Å². The number of carbonyl (C=O) groups is 1. The first-order chi connectivity index (χ1) is 14.3. The summed E-state index contributed by atoms with van der Waals surface area (Å²) in [5.41, 5.74) is 5.22. The Bertz CT molecular complexity index is 996. The average Bonchev–Trinajstić information content (AvgIpc) is 3.50. The molecule has 5 rings (SSSR count). The molecular weight excluding hydrogens is 360 g/mol. The van der Waals surface area contributed by atoms with Crippen molar-refractivity contribution in [2.24, 2.45) is 5.92 Å². The summed E-state index contributed by atoms with van der Waals surface area (Å²) in [6.07, 6.45) is 4.12. The van der Waals surface area contributed by atoms with Crippen LogP contribution in [0.3, 0.4) is 0 Å². The summed E-state index contributed by atoms with van der Waals surface area (Å²) in [4.78, 5) is 15.4. The summed E-state index contributed by atoms with van der Waals surface area (Å²) in [6.45, 7) is 2.73. The smallest absolute Gasteiger partial charge is 0.272 e. The molecule has 1 N–H and O–H groups in total. The molecule has 5 nitrogen and oxygen atoms in total.